The van der Waals surface area contributed by atoms with Crippen molar-refractivity contribution in [3.63, 3.8) is 0 Å². The lowest BCUT2D eigenvalue weighted by Gasteiger charge is -2.32. The van der Waals surface area contributed by atoms with Crippen molar-refractivity contribution >= 4 is 0 Å². The lowest BCUT2D eigenvalue weighted by atomic mass is 9.94. The second-order valence-corrected chi connectivity index (χ2v) is 3.89. The Balaban J connectivity index is 2.13. The number of alkyl halides is 3. The number of halogens is 3. The summed E-state index contributed by atoms with van der Waals surface area (Å²) in [6.45, 7) is 0.974. The van der Waals surface area contributed by atoms with Gasteiger partial charge in [0, 0.05) is 0 Å². The average molecular weight is 227 g/mol. The summed E-state index contributed by atoms with van der Waals surface area (Å²) in [5.41, 5.74) is -0.948. The molecule has 6 heteroatoms. The van der Waals surface area contributed by atoms with Crippen molar-refractivity contribution in [2.24, 2.45) is 0 Å². The van der Waals surface area contributed by atoms with Crippen LogP contribution in [0.4, 0.5) is 13.2 Å². The fourth-order valence-corrected chi connectivity index (χ4v) is 1.49. The van der Waals surface area contributed by atoms with Gasteiger partial charge in [0.25, 0.3) is 0 Å². The standard InChI is InChI=1S/C9H16F3NO2/c10-9(11,12)3-6-15-7-8(14)1-4-13-5-2-8/h13-14H,1-7H2. The molecule has 0 amide bonds. The molecule has 1 saturated heterocycles. The second-order valence-electron chi connectivity index (χ2n) is 3.89. The summed E-state index contributed by atoms with van der Waals surface area (Å²) in [6.07, 6.45) is -4.09. The summed E-state index contributed by atoms with van der Waals surface area (Å²) < 4.78 is 40.1. The predicted molar refractivity (Wildman–Crippen MR) is 48.5 cm³/mol. The summed E-state index contributed by atoms with van der Waals surface area (Å²) in [5, 5.41) is 12.9. The number of nitrogens with one attached hydrogen (secondary N) is 1. The van der Waals surface area contributed by atoms with E-state index in [4.69, 9.17) is 4.74 Å². The first-order valence-electron chi connectivity index (χ1n) is 4.99. The molecule has 1 heterocycles. The number of hydrogen-bond donors (Lipinski definition) is 2. The van der Waals surface area contributed by atoms with Crippen LogP contribution in [-0.4, -0.2) is 43.2 Å². The molecule has 0 radical (unpaired) electrons. The molecule has 1 aliphatic rings. The third-order valence-electron chi connectivity index (χ3n) is 2.43. The van der Waals surface area contributed by atoms with Gasteiger partial charge in [-0.25, -0.2) is 0 Å². The normalized spacial score (nSPS) is 21.6. The molecule has 0 aromatic carbocycles. The lowest BCUT2D eigenvalue weighted by molar-refractivity contribution is -0.152. The van der Waals surface area contributed by atoms with Crippen molar-refractivity contribution in [2.45, 2.75) is 31.0 Å². The monoisotopic (exact) mass is 227 g/mol. The maximum atomic E-state index is 11.8. The van der Waals surface area contributed by atoms with E-state index in [9.17, 15) is 18.3 Å². The van der Waals surface area contributed by atoms with Gasteiger partial charge in [-0.15, -0.1) is 0 Å². The fourth-order valence-electron chi connectivity index (χ4n) is 1.49. The molecule has 0 bridgehead atoms. The molecule has 0 unspecified atom stereocenters. The molecule has 3 nitrogen and oxygen atoms in total. The largest absolute Gasteiger partial charge is 0.391 e. The van der Waals surface area contributed by atoms with Crippen LogP contribution < -0.4 is 5.32 Å². The Morgan fingerprint density at radius 2 is 1.87 bits per heavy atom. The molecular formula is C9H16F3NO2. The quantitative estimate of drug-likeness (QED) is 0.706. The number of rotatable bonds is 4. The summed E-state index contributed by atoms with van der Waals surface area (Å²) >= 11 is 0. The smallest absolute Gasteiger partial charge is 0.387 e. The van der Waals surface area contributed by atoms with E-state index in [1.54, 1.807) is 0 Å². The Kier molecular flexibility index (Phi) is 4.36. The average Bonchev–Trinajstić information content (AvgIpc) is 2.12. The molecule has 0 spiro atoms. The zero-order valence-electron chi connectivity index (χ0n) is 8.44. The van der Waals surface area contributed by atoms with E-state index >= 15 is 0 Å². The Bertz CT molecular complexity index is 190. The number of piperidine rings is 1. The van der Waals surface area contributed by atoms with Gasteiger partial charge in [-0.05, 0) is 25.9 Å². The van der Waals surface area contributed by atoms with Crippen LogP contribution in [0.25, 0.3) is 0 Å². The highest BCUT2D eigenvalue weighted by Crippen LogP contribution is 2.21. The van der Waals surface area contributed by atoms with Gasteiger partial charge in [0.15, 0.2) is 0 Å². The SMILES string of the molecule is OC1(COCCC(F)(F)F)CCNCC1. The topological polar surface area (TPSA) is 41.5 Å². The Labute approximate surface area is 86.6 Å². The van der Waals surface area contributed by atoms with Crippen molar-refractivity contribution in [1.29, 1.82) is 0 Å². The molecular weight excluding hydrogens is 211 g/mol. The maximum Gasteiger partial charge on any atom is 0.391 e. The number of aliphatic hydroxyl groups is 1. The van der Waals surface area contributed by atoms with Gasteiger partial charge < -0.3 is 15.2 Å². The molecule has 0 aliphatic carbocycles. The molecule has 0 aromatic rings. The van der Waals surface area contributed by atoms with Crippen LogP contribution in [0.15, 0.2) is 0 Å². The Hall–Kier alpha value is -0.330. The van der Waals surface area contributed by atoms with Crippen LogP contribution in [0.3, 0.4) is 0 Å². The van der Waals surface area contributed by atoms with Crippen LogP contribution >= 0.6 is 0 Å². The molecule has 90 valence electrons. The van der Waals surface area contributed by atoms with Crippen LogP contribution in [0.2, 0.25) is 0 Å². The molecule has 1 aliphatic heterocycles. The van der Waals surface area contributed by atoms with Crippen molar-refractivity contribution in [3.05, 3.63) is 0 Å². The van der Waals surface area contributed by atoms with Crippen molar-refractivity contribution in [2.75, 3.05) is 26.3 Å². The van der Waals surface area contributed by atoms with Gasteiger partial charge in [0.1, 0.15) is 0 Å². The van der Waals surface area contributed by atoms with Crippen LogP contribution in [-0.2, 0) is 4.74 Å². The number of ether oxygens (including phenoxy) is 1. The van der Waals surface area contributed by atoms with E-state index in [1.807, 2.05) is 0 Å². The summed E-state index contributed by atoms with van der Waals surface area (Å²) in [4.78, 5) is 0. The van der Waals surface area contributed by atoms with Gasteiger partial charge in [0.05, 0.1) is 25.2 Å². The van der Waals surface area contributed by atoms with E-state index in [-0.39, 0.29) is 13.2 Å². The maximum absolute atomic E-state index is 11.8. The van der Waals surface area contributed by atoms with Crippen LogP contribution in [0, 0.1) is 0 Å². The molecule has 2 N–H and O–H groups in total. The molecule has 15 heavy (non-hydrogen) atoms. The van der Waals surface area contributed by atoms with E-state index in [2.05, 4.69) is 5.32 Å². The third kappa shape index (κ3) is 5.34. The molecule has 1 fully saturated rings. The summed E-state index contributed by atoms with van der Waals surface area (Å²) in [5.74, 6) is 0. The molecule has 0 aromatic heterocycles. The minimum atomic E-state index is -4.18. The first kappa shape index (κ1) is 12.7. The highest BCUT2D eigenvalue weighted by atomic mass is 19.4. The minimum Gasteiger partial charge on any atom is -0.387 e. The molecule has 1 rings (SSSR count). The Morgan fingerprint density at radius 3 is 2.40 bits per heavy atom. The lowest BCUT2D eigenvalue weighted by Crippen LogP contribution is -2.45. The molecule has 0 atom stereocenters. The number of hydrogen-bond acceptors (Lipinski definition) is 3. The minimum absolute atomic E-state index is 0.00917. The third-order valence-corrected chi connectivity index (χ3v) is 2.43. The fraction of sp³-hybridized carbons (Fsp3) is 1.00. The first-order chi connectivity index (χ1) is 6.91. The van der Waals surface area contributed by atoms with Crippen molar-refractivity contribution < 1.29 is 23.0 Å². The first-order valence-corrected chi connectivity index (χ1v) is 4.99. The van der Waals surface area contributed by atoms with Crippen molar-refractivity contribution in [1.82, 2.24) is 5.32 Å². The summed E-state index contributed by atoms with van der Waals surface area (Å²) in [6, 6.07) is 0. The predicted octanol–water partition coefficient (Wildman–Crippen LogP) is 1.07. The molecule has 0 saturated carbocycles. The van der Waals surface area contributed by atoms with E-state index in [0.29, 0.717) is 25.9 Å². The zero-order chi connectivity index (χ0) is 11.4. The van der Waals surface area contributed by atoms with Gasteiger partial charge in [-0.2, -0.15) is 13.2 Å². The second kappa shape index (κ2) is 5.14. The Morgan fingerprint density at radius 1 is 1.27 bits per heavy atom. The van der Waals surface area contributed by atoms with Crippen LogP contribution in [0.5, 0.6) is 0 Å². The van der Waals surface area contributed by atoms with Gasteiger partial charge >= 0.3 is 6.18 Å². The van der Waals surface area contributed by atoms with Gasteiger partial charge in [-0.1, -0.05) is 0 Å². The van der Waals surface area contributed by atoms with Crippen molar-refractivity contribution in [3.8, 4) is 0 Å². The highest BCUT2D eigenvalue weighted by molar-refractivity contribution is 4.83. The summed E-state index contributed by atoms with van der Waals surface area (Å²) in [7, 11) is 0. The van der Waals surface area contributed by atoms with Crippen LogP contribution in [0.1, 0.15) is 19.3 Å². The zero-order valence-corrected chi connectivity index (χ0v) is 8.44. The highest BCUT2D eigenvalue weighted by Gasteiger charge is 2.31. The van der Waals surface area contributed by atoms with Gasteiger partial charge in [0.2, 0.25) is 0 Å². The van der Waals surface area contributed by atoms with E-state index in [1.165, 1.54) is 0 Å². The van der Waals surface area contributed by atoms with E-state index < -0.39 is 18.2 Å². The van der Waals surface area contributed by atoms with Gasteiger partial charge in [-0.3, -0.25) is 0 Å². The van der Waals surface area contributed by atoms with E-state index in [0.717, 1.165) is 0 Å².